The Labute approximate surface area is 131 Å². The molecule has 1 heterocycles. The van der Waals surface area contributed by atoms with Gasteiger partial charge in [-0.15, -0.1) is 0 Å². The minimum absolute atomic E-state index is 0.182. The Bertz CT molecular complexity index is 539. The average molecular weight is 308 g/mol. The molecule has 122 valence electrons. The summed E-state index contributed by atoms with van der Waals surface area (Å²) in [7, 11) is 0. The Morgan fingerprint density at radius 3 is 2.55 bits per heavy atom. The van der Waals surface area contributed by atoms with Crippen molar-refractivity contribution in [3.05, 3.63) is 34.6 Å². The van der Waals surface area contributed by atoms with Gasteiger partial charge in [0, 0.05) is 13.1 Å². The fourth-order valence-electron chi connectivity index (χ4n) is 2.82. The van der Waals surface area contributed by atoms with E-state index in [2.05, 4.69) is 5.32 Å². The zero-order valence-corrected chi connectivity index (χ0v) is 13.7. The summed E-state index contributed by atoms with van der Waals surface area (Å²) in [6.45, 7) is 8.34. The van der Waals surface area contributed by atoms with Crippen molar-refractivity contribution >= 4 is 6.03 Å². The maximum atomic E-state index is 13.7. The second-order valence-electron chi connectivity index (χ2n) is 6.42. The van der Waals surface area contributed by atoms with Gasteiger partial charge in [-0.2, -0.15) is 0 Å². The molecule has 2 rings (SSSR count). The fraction of sp³-hybridized carbons (Fsp3) is 0.588. The van der Waals surface area contributed by atoms with Crippen molar-refractivity contribution in [1.82, 2.24) is 10.2 Å². The van der Waals surface area contributed by atoms with Crippen LogP contribution in [0.5, 0.6) is 0 Å². The fourth-order valence-corrected chi connectivity index (χ4v) is 2.82. The van der Waals surface area contributed by atoms with Crippen molar-refractivity contribution in [3.63, 3.8) is 0 Å². The minimum Gasteiger partial charge on any atom is -0.391 e. The van der Waals surface area contributed by atoms with Gasteiger partial charge in [0.15, 0.2) is 0 Å². The molecule has 22 heavy (non-hydrogen) atoms. The molecule has 0 aliphatic carbocycles. The van der Waals surface area contributed by atoms with Gasteiger partial charge in [0.2, 0.25) is 0 Å². The predicted molar refractivity (Wildman–Crippen MR) is 84.2 cm³/mol. The number of halogens is 1. The van der Waals surface area contributed by atoms with E-state index in [1.807, 2.05) is 13.8 Å². The van der Waals surface area contributed by atoms with Crippen molar-refractivity contribution in [1.29, 1.82) is 0 Å². The zero-order chi connectivity index (χ0) is 16.4. The Morgan fingerprint density at radius 1 is 1.41 bits per heavy atom. The number of hydrogen-bond donors (Lipinski definition) is 2. The Morgan fingerprint density at radius 2 is 2.00 bits per heavy atom. The van der Waals surface area contributed by atoms with E-state index in [1.165, 1.54) is 0 Å². The summed E-state index contributed by atoms with van der Waals surface area (Å²) in [6.07, 6.45) is 0.336. The summed E-state index contributed by atoms with van der Waals surface area (Å²) in [5.41, 5.74) is 2.05. The molecule has 2 amide bonds. The molecule has 2 N–H and O–H groups in total. The van der Waals surface area contributed by atoms with Crippen LogP contribution in [0.25, 0.3) is 0 Å². The lowest BCUT2D eigenvalue weighted by molar-refractivity contribution is 0.0431. The number of rotatable bonds is 2. The summed E-state index contributed by atoms with van der Waals surface area (Å²) in [5.74, 6) is 0.0271. The number of β-amino-alcohol motifs (C(OH)–C–C–N with tert-alkyl or cyclic N) is 1. The monoisotopic (exact) mass is 308 g/mol. The molecule has 0 spiro atoms. The molecule has 1 aliphatic rings. The number of urea groups is 1. The van der Waals surface area contributed by atoms with E-state index >= 15 is 0 Å². The zero-order valence-electron chi connectivity index (χ0n) is 13.7. The van der Waals surface area contributed by atoms with Gasteiger partial charge in [0.05, 0.1) is 12.1 Å². The summed E-state index contributed by atoms with van der Waals surface area (Å²) >= 11 is 0. The van der Waals surface area contributed by atoms with Crippen molar-refractivity contribution in [2.45, 2.75) is 46.3 Å². The van der Waals surface area contributed by atoms with Gasteiger partial charge in [-0.1, -0.05) is 19.1 Å². The summed E-state index contributed by atoms with van der Waals surface area (Å²) < 4.78 is 13.7. The van der Waals surface area contributed by atoms with Gasteiger partial charge in [-0.3, -0.25) is 0 Å². The summed E-state index contributed by atoms with van der Waals surface area (Å²) in [4.78, 5) is 13.9. The van der Waals surface area contributed by atoms with Gasteiger partial charge < -0.3 is 15.3 Å². The highest BCUT2D eigenvalue weighted by Gasteiger charge is 2.28. The largest absolute Gasteiger partial charge is 0.391 e. The number of likely N-dealkylation sites (tertiary alicyclic amines) is 1. The molecule has 0 saturated carbocycles. The van der Waals surface area contributed by atoms with Crippen LogP contribution in [0.2, 0.25) is 0 Å². The quantitative estimate of drug-likeness (QED) is 0.882. The van der Waals surface area contributed by atoms with Crippen LogP contribution in [-0.4, -0.2) is 35.2 Å². The van der Waals surface area contributed by atoms with Gasteiger partial charge in [-0.25, -0.2) is 9.18 Å². The molecule has 0 radical (unpaired) electrons. The first kappa shape index (κ1) is 16.7. The number of nitrogens with zero attached hydrogens (tertiary/aromatic N) is 1. The number of aryl methyl sites for hydroxylation is 2. The Kier molecular flexibility index (Phi) is 5.06. The van der Waals surface area contributed by atoms with E-state index in [-0.39, 0.29) is 23.8 Å². The van der Waals surface area contributed by atoms with E-state index in [1.54, 1.807) is 30.9 Å². The van der Waals surface area contributed by atoms with Gasteiger partial charge >= 0.3 is 6.03 Å². The van der Waals surface area contributed by atoms with Crippen LogP contribution in [0, 0.1) is 25.6 Å². The van der Waals surface area contributed by atoms with Crippen molar-refractivity contribution in [3.8, 4) is 0 Å². The molecule has 1 aromatic rings. The molecular formula is C17H25FN2O2. The second-order valence-corrected chi connectivity index (χ2v) is 6.42. The highest BCUT2D eigenvalue weighted by Crippen LogP contribution is 2.21. The van der Waals surface area contributed by atoms with Gasteiger partial charge in [0.1, 0.15) is 5.82 Å². The number of aliphatic hydroxyl groups excluding tert-OH is 1. The summed E-state index contributed by atoms with van der Waals surface area (Å²) in [6, 6.07) is 3.14. The normalized spacial score (nSPS) is 23.3. The standard InChI is InChI=1S/C17H25FN2O2/c1-10-5-6-20(9-15(10)21)17(22)19-13(4)14-7-11(2)16(18)12(3)8-14/h7-8,10,13,15,21H,5-6,9H2,1-4H3,(H,19,22). The van der Waals surface area contributed by atoms with Crippen molar-refractivity contribution in [2.24, 2.45) is 5.92 Å². The van der Waals surface area contributed by atoms with Crippen LogP contribution in [0.3, 0.4) is 0 Å². The number of amides is 2. The van der Waals surface area contributed by atoms with E-state index in [0.29, 0.717) is 24.2 Å². The first-order valence-electron chi connectivity index (χ1n) is 7.79. The molecule has 3 atom stereocenters. The Balaban J connectivity index is 2.02. The highest BCUT2D eigenvalue weighted by atomic mass is 19.1. The number of carbonyl (C=O) groups is 1. The van der Waals surface area contributed by atoms with Gasteiger partial charge in [-0.05, 0) is 49.8 Å². The number of carbonyl (C=O) groups excluding carboxylic acids is 1. The first-order chi connectivity index (χ1) is 10.3. The predicted octanol–water partition coefficient (Wildman–Crippen LogP) is 2.92. The van der Waals surface area contributed by atoms with Gasteiger partial charge in [0.25, 0.3) is 0 Å². The highest BCUT2D eigenvalue weighted by molar-refractivity contribution is 5.74. The number of hydrogen-bond acceptors (Lipinski definition) is 2. The smallest absolute Gasteiger partial charge is 0.317 e. The molecule has 0 aromatic heterocycles. The molecule has 1 aromatic carbocycles. The maximum absolute atomic E-state index is 13.7. The molecule has 1 aliphatic heterocycles. The van der Waals surface area contributed by atoms with E-state index in [9.17, 15) is 14.3 Å². The van der Waals surface area contributed by atoms with E-state index in [4.69, 9.17) is 0 Å². The molecule has 0 bridgehead atoms. The maximum Gasteiger partial charge on any atom is 0.317 e. The topological polar surface area (TPSA) is 52.6 Å². The van der Waals surface area contributed by atoms with Crippen LogP contribution in [0.1, 0.15) is 43.0 Å². The number of nitrogens with one attached hydrogen (secondary N) is 1. The number of piperidine rings is 1. The Hall–Kier alpha value is -1.62. The number of benzene rings is 1. The molecule has 4 nitrogen and oxygen atoms in total. The molecule has 5 heteroatoms. The molecule has 1 saturated heterocycles. The first-order valence-corrected chi connectivity index (χ1v) is 7.79. The lowest BCUT2D eigenvalue weighted by Crippen LogP contribution is -2.50. The molecular weight excluding hydrogens is 283 g/mol. The van der Waals surface area contributed by atoms with Crippen LogP contribution in [0.4, 0.5) is 9.18 Å². The third kappa shape index (κ3) is 3.58. The van der Waals surface area contributed by atoms with Crippen LogP contribution in [0.15, 0.2) is 12.1 Å². The summed E-state index contributed by atoms with van der Waals surface area (Å²) in [5, 5.41) is 12.8. The van der Waals surface area contributed by atoms with Crippen LogP contribution < -0.4 is 5.32 Å². The van der Waals surface area contributed by atoms with Crippen LogP contribution in [-0.2, 0) is 0 Å². The van der Waals surface area contributed by atoms with Crippen molar-refractivity contribution < 1.29 is 14.3 Å². The van der Waals surface area contributed by atoms with E-state index < -0.39 is 6.10 Å². The second kappa shape index (κ2) is 6.65. The molecule has 3 unspecified atom stereocenters. The SMILES string of the molecule is Cc1cc(C(C)NC(=O)N2CCC(C)C(O)C2)cc(C)c1F. The minimum atomic E-state index is -0.467. The third-order valence-corrected chi connectivity index (χ3v) is 4.50. The third-order valence-electron chi connectivity index (χ3n) is 4.50. The lowest BCUT2D eigenvalue weighted by atomic mass is 9.96. The van der Waals surface area contributed by atoms with Crippen molar-refractivity contribution in [2.75, 3.05) is 13.1 Å². The lowest BCUT2D eigenvalue weighted by Gasteiger charge is -2.35. The number of aliphatic hydroxyl groups is 1. The molecule has 1 fully saturated rings. The average Bonchev–Trinajstić information content (AvgIpc) is 2.46. The van der Waals surface area contributed by atoms with Crippen LogP contribution >= 0.6 is 0 Å². The van der Waals surface area contributed by atoms with E-state index in [0.717, 1.165) is 12.0 Å².